The lowest BCUT2D eigenvalue weighted by atomic mass is 9.85. The molecule has 23 heavy (non-hydrogen) atoms. The molecule has 0 unspecified atom stereocenters. The van der Waals surface area contributed by atoms with Crippen LogP contribution < -0.4 is 0 Å². The third-order valence-electron chi connectivity index (χ3n) is 4.55. The molecule has 1 N–H and O–H groups in total. The van der Waals surface area contributed by atoms with Gasteiger partial charge in [0, 0.05) is 0 Å². The number of hydrogen-bond donors (Lipinski definition) is 1. The SMILES string of the molecule is Cc1ccc2ccccc2c1[C@@H](O)c1ccc(C(C)(C)C)cc1. The Labute approximate surface area is 138 Å². The molecule has 0 aromatic heterocycles. The molecule has 3 aromatic rings. The molecule has 1 atom stereocenters. The topological polar surface area (TPSA) is 20.2 Å². The van der Waals surface area contributed by atoms with Crippen LogP contribution in [0, 0.1) is 6.92 Å². The van der Waals surface area contributed by atoms with Crippen LogP contribution in [0.2, 0.25) is 0 Å². The fourth-order valence-electron chi connectivity index (χ4n) is 3.10. The first-order valence-electron chi connectivity index (χ1n) is 8.14. The predicted octanol–water partition coefficient (Wildman–Crippen LogP) is 5.53. The largest absolute Gasteiger partial charge is 0.384 e. The van der Waals surface area contributed by atoms with Gasteiger partial charge in [-0.1, -0.05) is 81.4 Å². The van der Waals surface area contributed by atoms with Gasteiger partial charge in [0.25, 0.3) is 0 Å². The van der Waals surface area contributed by atoms with Gasteiger partial charge in [-0.2, -0.15) is 0 Å². The van der Waals surface area contributed by atoms with Crippen LogP contribution in [-0.4, -0.2) is 5.11 Å². The average molecular weight is 304 g/mol. The zero-order valence-corrected chi connectivity index (χ0v) is 14.3. The highest BCUT2D eigenvalue weighted by molar-refractivity contribution is 5.87. The van der Waals surface area contributed by atoms with Crippen LogP contribution in [0.4, 0.5) is 0 Å². The summed E-state index contributed by atoms with van der Waals surface area (Å²) in [5.74, 6) is 0. The Morgan fingerprint density at radius 3 is 2.13 bits per heavy atom. The molecule has 0 heterocycles. The summed E-state index contributed by atoms with van der Waals surface area (Å²) in [6, 6.07) is 20.8. The molecule has 0 saturated heterocycles. The molecule has 0 aliphatic carbocycles. The fourth-order valence-corrected chi connectivity index (χ4v) is 3.10. The molecule has 0 spiro atoms. The lowest BCUT2D eigenvalue weighted by molar-refractivity contribution is 0.221. The van der Waals surface area contributed by atoms with E-state index in [2.05, 4.69) is 64.1 Å². The number of aliphatic hydroxyl groups is 1. The Morgan fingerprint density at radius 2 is 1.48 bits per heavy atom. The van der Waals surface area contributed by atoms with Crippen molar-refractivity contribution in [3.8, 4) is 0 Å². The molecular formula is C22H24O. The van der Waals surface area contributed by atoms with Crippen LogP contribution in [0.1, 0.15) is 49.1 Å². The Morgan fingerprint density at radius 1 is 0.826 bits per heavy atom. The molecule has 3 rings (SSSR count). The minimum absolute atomic E-state index is 0.124. The highest BCUT2D eigenvalue weighted by Crippen LogP contribution is 2.32. The van der Waals surface area contributed by atoms with Crippen molar-refractivity contribution >= 4 is 10.8 Å². The molecule has 1 nitrogen and oxygen atoms in total. The summed E-state index contributed by atoms with van der Waals surface area (Å²) in [6.45, 7) is 8.67. The minimum atomic E-state index is -0.602. The van der Waals surface area contributed by atoms with Gasteiger partial charge in [-0.05, 0) is 45.4 Å². The lowest BCUT2D eigenvalue weighted by Crippen LogP contribution is -2.11. The van der Waals surface area contributed by atoms with Crippen LogP contribution >= 0.6 is 0 Å². The van der Waals surface area contributed by atoms with E-state index in [0.717, 1.165) is 22.1 Å². The van der Waals surface area contributed by atoms with Crippen molar-refractivity contribution in [2.24, 2.45) is 0 Å². The monoisotopic (exact) mass is 304 g/mol. The van der Waals surface area contributed by atoms with E-state index in [-0.39, 0.29) is 5.41 Å². The third kappa shape index (κ3) is 3.02. The Kier molecular flexibility index (Phi) is 3.99. The Balaban J connectivity index is 2.07. The molecule has 0 saturated carbocycles. The van der Waals surface area contributed by atoms with E-state index in [0.29, 0.717) is 0 Å². The average Bonchev–Trinajstić information content (AvgIpc) is 2.53. The minimum Gasteiger partial charge on any atom is -0.384 e. The highest BCUT2D eigenvalue weighted by Gasteiger charge is 2.18. The van der Waals surface area contributed by atoms with Gasteiger partial charge in [-0.15, -0.1) is 0 Å². The zero-order valence-electron chi connectivity index (χ0n) is 14.3. The summed E-state index contributed by atoms with van der Waals surface area (Å²) in [5.41, 5.74) is 4.47. The van der Waals surface area contributed by atoms with E-state index in [1.165, 1.54) is 10.9 Å². The summed E-state index contributed by atoms with van der Waals surface area (Å²) in [7, 11) is 0. The highest BCUT2D eigenvalue weighted by atomic mass is 16.3. The number of fused-ring (bicyclic) bond motifs is 1. The molecule has 0 amide bonds. The van der Waals surface area contributed by atoms with Crippen LogP contribution in [-0.2, 0) is 5.41 Å². The molecule has 0 fully saturated rings. The smallest absolute Gasteiger partial charge is 0.105 e. The van der Waals surface area contributed by atoms with Crippen molar-refractivity contribution in [3.05, 3.63) is 82.9 Å². The second-order valence-electron chi connectivity index (χ2n) is 7.29. The van der Waals surface area contributed by atoms with Crippen LogP contribution in [0.15, 0.2) is 60.7 Å². The predicted molar refractivity (Wildman–Crippen MR) is 97.9 cm³/mol. The van der Waals surface area contributed by atoms with Crippen molar-refractivity contribution in [2.75, 3.05) is 0 Å². The number of benzene rings is 3. The van der Waals surface area contributed by atoms with Gasteiger partial charge in [-0.25, -0.2) is 0 Å². The van der Waals surface area contributed by atoms with Crippen LogP contribution in [0.3, 0.4) is 0 Å². The van der Waals surface area contributed by atoms with E-state index < -0.39 is 6.10 Å². The van der Waals surface area contributed by atoms with Gasteiger partial charge in [0.05, 0.1) is 0 Å². The van der Waals surface area contributed by atoms with E-state index in [1.54, 1.807) is 0 Å². The fraction of sp³-hybridized carbons (Fsp3) is 0.273. The summed E-state index contributed by atoms with van der Waals surface area (Å²) >= 11 is 0. The summed E-state index contributed by atoms with van der Waals surface area (Å²) in [5, 5.41) is 13.3. The molecule has 0 aliphatic heterocycles. The standard InChI is InChI=1S/C22H24O/c1-15-9-10-16-7-5-6-8-19(16)20(15)21(23)17-11-13-18(14-12-17)22(2,3)4/h5-14,21,23H,1-4H3/t21-/m0/s1. The van der Waals surface area contributed by atoms with Crippen molar-refractivity contribution in [2.45, 2.75) is 39.2 Å². The summed E-state index contributed by atoms with van der Waals surface area (Å²) in [4.78, 5) is 0. The van der Waals surface area contributed by atoms with Gasteiger partial charge in [0.2, 0.25) is 0 Å². The van der Waals surface area contributed by atoms with Crippen LogP contribution in [0.5, 0.6) is 0 Å². The Bertz CT molecular complexity index is 823. The van der Waals surface area contributed by atoms with E-state index in [4.69, 9.17) is 0 Å². The second kappa shape index (κ2) is 5.82. The van der Waals surface area contributed by atoms with Gasteiger partial charge in [-0.3, -0.25) is 0 Å². The first kappa shape index (κ1) is 15.8. The van der Waals surface area contributed by atoms with E-state index >= 15 is 0 Å². The van der Waals surface area contributed by atoms with Gasteiger partial charge >= 0.3 is 0 Å². The lowest BCUT2D eigenvalue weighted by Gasteiger charge is -2.21. The van der Waals surface area contributed by atoms with Gasteiger partial charge < -0.3 is 5.11 Å². The zero-order chi connectivity index (χ0) is 16.6. The van der Waals surface area contributed by atoms with Gasteiger partial charge in [0.15, 0.2) is 0 Å². The molecule has 0 aliphatic rings. The van der Waals surface area contributed by atoms with E-state index in [9.17, 15) is 5.11 Å². The van der Waals surface area contributed by atoms with Crippen LogP contribution in [0.25, 0.3) is 10.8 Å². The first-order chi connectivity index (χ1) is 10.9. The van der Waals surface area contributed by atoms with Crippen molar-refractivity contribution in [3.63, 3.8) is 0 Å². The molecule has 118 valence electrons. The maximum Gasteiger partial charge on any atom is 0.105 e. The number of rotatable bonds is 2. The summed E-state index contributed by atoms with van der Waals surface area (Å²) < 4.78 is 0. The Hall–Kier alpha value is -2.12. The molecule has 3 aromatic carbocycles. The number of aliphatic hydroxyl groups excluding tert-OH is 1. The maximum absolute atomic E-state index is 11.0. The van der Waals surface area contributed by atoms with Crippen molar-refractivity contribution in [1.29, 1.82) is 0 Å². The van der Waals surface area contributed by atoms with Gasteiger partial charge in [0.1, 0.15) is 6.10 Å². The molecular weight excluding hydrogens is 280 g/mol. The molecule has 1 heteroatoms. The third-order valence-corrected chi connectivity index (χ3v) is 4.55. The normalized spacial score (nSPS) is 13.3. The number of aryl methyl sites for hydroxylation is 1. The maximum atomic E-state index is 11.0. The second-order valence-corrected chi connectivity index (χ2v) is 7.29. The first-order valence-corrected chi connectivity index (χ1v) is 8.14. The van der Waals surface area contributed by atoms with Crippen molar-refractivity contribution in [1.82, 2.24) is 0 Å². The van der Waals surface area contributed by atoms with Crippen molar-refractivity contribution < 1.29 is 5.11 Å². The number of hydrogen-bond acceptors (Lipinski definition) is 1. The quantitative estimate of drug-likeness (QED) is 0.660. The van der Waals surface area contributed by atoms with E-state index in [1.807, 2.05) is 24.3 Å². The molecule has 0 radical (unpaired) electrons. The summed E-state index contributed by atoms with van der Waals surface area (Å²) in [6.07, 6.45) is -0.602. The molecule has 0 bridgehead atoms.